The number of anilines is 1. The second-order valence-corrected chi connectivity index (χ2v) is 5.19. The summed E-state index contributed by atoms with van der Waals surface area (Å²) in [7, 11) is 3.18. The molecule has 3 rings (SSSR count). The molecule has 3 N–H and O–H groups in total. The van der Waals surface area contributed by atoms with E-state index in [1.165, 1.54) is 17.7 Å². The summed E-state index contributed by atoms with van der Waals surface area (Å²) in [5.74, 6) is 7.82. The van der Waals surface area contributed by atoms with Crippen LogP contribution in [0.2, 0.25) is 0 Å². The molecular formula is C16H18N6O2. The third kappa shape index (κ3) is 2.63. The van der Waals surface area contributed by atoms with Crippen molar-refractivity contribution in [3.05, 3.63) is 30.7 Å². The molecule has 124 valence electrons. The molecule has 8 nitrogen and oxygen atoms in total. The minimum atomic E-state index is 0.517. The van der Waals surface area contributed by atoms with Crippen LogP contribution in [-0.4, -0.2) is 35.5 Å². The van der Waals surface area contributed by atoms with Gasteiger partial charge in [0.25, 0.3) is 0 Å². The van der Waals surface area contributed by atoms with Crippen LogP contribution in [0.25, 0.3) is 21.9 Å². The molecular weight excluding hydrogens is 308 g/mol. The molecule has 2 heterocycles. The normalized spacial score (nSPS) is 11.3. The Morgan fingerprint density at radius 1 is 1.29 bits per heavy atom. The van der Waals surface area contributed by atoms with E-state index in [1.807, 2.05) is 12.1 Å². The van der Waals surface area contributed by atoms with Crippen molar-refractivity contribution >= 4 is 34.1 Å². The van der Waals surface area contributed by atoms with Crippen molar-refractivity contribution in [3.63, 3.8) is 0 Å². The predicted molar refractivity (Wildman–Crippen MR) is 94.5 cm³/mol. The molecule has 0 atom stereocenters. The number of benzene rings is 1. The average molecular weight is 326 g/mol. The topological polar surface area (TPSA) is 102 Å². The number of nitrogens with zero attached hydrogens (tertiary/aromatic N) is 4. The fourth-order valence-corrected chi connectivity index (χ4v) is 2.45. The summed E-state index contributed by atoms with van der Waals surface area (Å²) >= 11 is 0. The van der Waals surface area contributed by atoms with E-state index in [-0.39, 0.29) is 0 Å². The molecule has 1 aromatic carbocycles. The summed E-state index contributed by atoms with van der Waals surface area (Å²) in [5.41, 5.74) is 2.14. The van der Waals surface area contributed by atoms with Crippen LogP contribution in [0.3, 0.4) is 0 Å². The van der Waals surface area contributed by atoms with Crippen LogP contribution in [0.1, 0.15) is 6.92 Å². The van der Waals surface area contributed by atoms with E-state index in [0.717, 1.165) is 16.3 Å². The number of ether oxygens (including phenoxy) is 2. The van der Waals surface area contributed by atoms with E-state index in [2.05, 4.69) is 26.5 Å². The van der Waals surface area contributed by atoms with Gasteiger partial charge in [-0.3, -0.25) is 5.01 Å². The van der Waals surface area contributed by atoms with Gasteiger partial charge in [-0.25, -0.2) is 20.8 Å². The largest absolute Gasteiger partial charge is 0.493 e. The van der Waals surface area contributed by atoms with Gasteiger partial charge in [0.15, 0.2) is 17.3 Å². The average Bonchev–Trinajstić information content (AvgIpc) is 2.95. The van der Waals surface area contributed by atoms with Crippen molar-refractivity contribution in [1.82, 2.24) is 15.0 Å². The standard InChI is InChI=1S/C16H18N6O2/c1-9(2)20-8-22(17)16-14-10-5-12(23-3)13(24-4)6-11(10)21-15(14)18-7-19-16/h5-8H,1,17H2,2-4H3,(H,18,19,21)/b20-8-. The number of hydrogen-bond donors (Lipinski definition) is 2. The van der Waals surface area contributed by atoms with Gasteiger partial charge < -0.3 is 14.5 Å². The first-order valence-electron chi connectivity index (χ1n) is 7.17. The molecule has 0 spiro atoms. The molecule has 0 saturated carbocycles. The van der Waals surface area contributed by atoms with Gasteiger partial charge in [-0.15, -0.1) is 0 Å². The van der Waals surface area contributed by atoms with Crippen LogP contribution in [0, 0.1) is 0 Å². The molecule has 0 unspecified atom stereocenters. The molecule has 24 heavy (non-hydrogen) atoms. The lowest BCUT2D eigenvalue weighted by molar-refractivity contribution is 0.356. The molecule has 0 fully saturated rings. The van der Waals surface area contributed by atoms with Gasteiger partial charge in [0, 0.05) is 17.1 Å². The van der Waals surface area contributed by atoms with Gasteiger partial charge in [0.05, 0.1) is 25.1 Å². The molecule has 0 amide bonds. The minimum Gasteiger partial charge on any atom is -0.493 e. The third-order valence-corrected chi connectivity index (χ3v) is 3.52. The fraction of sp³-hybridized carbons (Fsp3) is 0.188. The second kappa shape index (κ2) is 6.17. The summed E-state index contributed by atoms with van der Waals surface area (Å²) in [4.78, 5) is 15.9. The van der Waals surface area contributed by atoms with Gasteiger partial charge in [-0.05, 0) is 13.0 Å². The maximum atomic E-state index is 6.07. The number of hydrogen-bond acceptors (Lipinski definition) is 6. The molecule has 8 heteroatoms. The maximum absolute atomic E-state index is 6.07. The fourth-order valence-electron chi connectivity index (χ4n) is 2.45. The number of methoxy groups -OCH3 is 2. The van der Waals surface area contributed by atoms with Crippen LogP contribution < -0.4 is 20.3 Å². The Kier molecular flexibility index (Phi) is 4.05. The molecule has 0 bridgehead atoms. The molecule has 2 aromatic heterocycles. The number of aromatic amines is 1. The number of allylic oxidation sites excluding steroid dienone is 1. The number of rotatable bonds is 5. The van der Waals surface area contributed by atoms with Gasteiger partial charge in [-0.2, -0.15) is 0 Å². The summed E-state index contributed by atoms with van der Waals surface area (Å²) < 4.78 is 10.7. The lowest BCUT2D eigenvalue weighted by Crippen LogP contribution is -2.30. The van der Waals surface area contributed by atoms with E-state index < -0.39 is 0 Å². The zero-order valence-electron chi connectivity index (χ0n) is 13.7. The summed E-state index contributed by atoms with van der Waals surface area (Å²) in [6.07, 6.45) is 2.90. The van der Waals surface area contributed by atoms with Crippen molar-refractivity contribution in [3.8, 4) is 11.5 Å². The lowest BCUT2D eigenvalue weighted by atomic mass is 10.2. The molecule has 3 aromatic rings. The maximum Gasteiger partial charge on any atom is 0.162 e. The third-order valence-electron chi connectivity index (χ3n) is 3.52. The SMILES string of the molecule is C=C(C)/N=C\N(N)c1ncnc2[nH]c3cc(OC)c(OC)cc3c12. The Balaban J connectivity index is 2.26. The van der Waals surface area contributed by atoms with E-state index in [1.54, 1.807) is 21.1 Å². The number of fused-ring (bicyclic) bond motifs is 3. The van der Waals surface area contributed by atoms with E-state index >= 15 is 0 Å². The number of nitrogens with one attached hydrogen (secondary N) is 1. The quantitative estimate of drug-likeness (QED) is 0.323. The second-order valence-electron chi connectivity index (χ2n) is 5.19. The van der Waals surface area contributed by atoms with Gasteiger partial charge in [0.1, 0.15) is 18.3 Å². The zero-order valence-corrected chi connectivity index (χ0v) is 13.7. The highest BCUT2D eigenvalue weighted by Crippen LogP contribution is 2.37. The Bertz CT molecular complexity index is 947. The van der Waals surface area contributed by atoms with Crippen molar-refractivity contribution < 1.29 is 9.47 Å². The minimum absolute atomic E-state index is 0.517. The Morgan fingerprint density at radius 2 is 2.00 bits per heavy atom. The summed E-state index contributed by atoms with van der Waals surface area (Å²) in [6.45, 7) is 5.50. The van der Waals surface area contributed by atoms with Gasteiger partial charge in [-0.1, -0.05) is 6.58 Å². The van der Waals surface area contributed by atoms with Crippen molar-refractivity contribution in [2.45, 2.75) is 6.92 Å². The van der Waals surface area contributed by atoms with E-state index in [9.17, 15) is 0 Å². The number of H-pyrrole nitrogens is 1. The molecule has 0 radical (unpaired) electrons. The number of aromatic nitrogens is 3. The van der Waals surface area contributed by atoms with Crippen LogP contribution in [0.4, 0.5) is 5.82 Å². The summed E-state index contributed by atoms with van der Waals surface area (Å²) in [6, 6.07) is 3.71. The predicted octanol–water partition coefficient (Wildman–Crippen LogP) is 2.37. The number of aliphatic imine (C=N–C) groups is 1. The lowest BCUT2D eigenvalue weighted by Gasteiger charge is -2.12. The van der Waals surface area contributed by atoms with Crippen molar-refractivity contribution in [2.24, 2.45) is 10.8 Å². The van der Waals surface area contributed by atoms with E-state index in [4.69, 9.17) is 15.3 Å². The van der Waals surface area contributed by atoms with Crippen molar-refractivity contribution in [1.29, 1.82) is 0 Å². The Hall–Kier alpha value is -3.13. The van der Waals surface area contributed by atoms with E-state index in [0.29, 0.717) is 28.7 Å². The van der Waals surface area contributed by atoms with Crippen molar-refractivity contribution in [2.75, 3.05) is 19.2 Å². The number of nitrogens with two attached hydrogens (primary N) is 1. The van der Waals surface area contributed by atoms with Crippen LogP contribution in [-0.2, 0) is 0 Å². The highest BCUT2D eigenvalue weighted by molar-refractivity contribution is 6.13. The molecule has 0 saturated heterocycles. The van der Waals surface area contributed by atoms with Crippen LogP contribution in [0.5, 0.6) is 11.5 Å². The summed E-state index contributed by atoms with van der Waals surface area (Å²) in [5, 5.41) is 2.98. The molecule has 0 aliphatic rings. The molecule has 0 aliphatic carbocycles. The highest BCUT2D eigenvalue weighted by Gasteiger charge is 2.16. The van der Waals surface area contributed by atoms with Crippen LogP contribution in [0.15, 0.2) is 35.7 Å². The first-order valence-corrected chi connectivity index (χ1v) is 7.17. The van der Waals surface area contributed by atoms with Gasteiger partial charge >= 0.3 is 0 Å². The Labute approximate surface area is 138 Å². The van der Waals surface area contributed by atoms with Crippen LogP contribution >= 0.6 is 0 Å². The monoisotopic (exact) mass is 326 g/mol. The highest BCUT2D eigenvalue weighted by atomic mass is 16.5. The zero-order chi connectivity index (χ0) is 17.3. The first kappa shape index (κ1) is 15.8. The number of hydrazine groups is 1. The Morgan fingerprint density at radius 3 is 2.67 bits per heavy atom. The first-order chi connectivity index (χ1) is 11.5. The smallest absolute Gasteiger partial charge is 0.162 e. The molecule has 0 aliphatic heterocycles. The van der Waals surface area contributed by atoms with Gasteiger partial charge in [0.2, 0.25) is 0 Å².